The Bertz CT molecular complexity index is 245. The molecule has 0 bridgehead atoms. The molecule has 2 atom stereocenters. The van der Waals surface area contributed by atoms with E-state index in [4.69, 9.17) is 5.73 Å². The van der Waals surface area contributed by atoms with Gasteiger partial charge in [-0.15, -0.1) is 12.4 Å². The molecule has 0 aromatic heterocycles. The molecule has 2 aliphatic rings. The number of rotatable bonds is 2. The van der Waals surface area contributed by atoms with Crippen molar-refractivity contribution in [3.8, 4) is 0 Å². The second-order valence-corrected chi connectivity index (χ2v) is 6.13. The molecule has 2 fully saturated rings. The Morgan fingerprint density at radius 1 is 1.24 bits per heavy atom. The fraction of sp³-hybridized carbons (Fsp3) is 0.917. The number of nitrogens with two attached hydrogens (primary N) is 1. The highest BCUT2D eigenvalue weighted by atomic mass is 35.5. The number of carbonyl (C=O) groups is 1. The lowest BCUT2D eigenvalue weighted by molar-refractivity contribution is -0.132. The standard InChI is InChI=1S/C12H22N2OS.ClH/c13-11-4-1-3-10(11)9-12(15)14-5-2-7-16-8-6-14;/h10-11H,1-9,13H2;1H/t10-,11+;/m0./s1. The zero-order chi connectivity index (χ0) is 11.4. The Kier molecular flexibility index (Phi) is 6.67. The van der Waals surface area contributed by atoms with Crippen molar-refractivity contribution in [2.75, 3.05) is 24.6 Å². The summed E-state index contributed by atoms with van der Waals surface area (Å²) in [5.41, 5.74) is 6.01. The number of nitrogens with zero attached hydrogens (tertiary/aromatic N) is 1. The molecular formula is C12H23ClN2OS. The molecule has 1 aliphatic heterocycles. The molecular weight excluding hydrogens is 256 g/mol. The first-order valence-electron chi connectivity index (χ1n) is 6.38. The van der Waals surface area contributed by atoms with E-state index in [2.05, 4.69) is 0 Å². The molecule has 1 heterocycles. The third-order valence-corrected chi connectivity index (χ3v) is 4.78. The Morgan fingerprint density at radius 2 is 2.06 bits per heavy atom. The van der Waals surface area contributed by atoms with Crippen molar-refractivity contribution in [3.05, 3.63) is 0 Å². The first-order valence-corrected chi connectivity index (χ1v) is 7.54. The van der Waals surface area contributed by atoms with Crippen molar-refractivity contribution in [3.63, 3.8) is 0 Å². The predicted octanol–water partition coefficient (Wildman–Crippen LogP) is 1.89. The zero-order valence-electron chi connectivity index (χ0n) is 10.3. The van der Waals surface area contributed by atoms with Gasteiger partial charge in [-0.2, -0.15) is 11.8 Å². The van der Waals surface area contributed by atoms with Crippen LogP contribution in [0.4, 0.5) is 0 Å². The Balaban J connectivity index is 0.00000144. The zero-order valence-corrected chi connectivity index (χ0v) is 11.9. The summed E-state index contributed by atoms with van der Waals surface area (Å²) in [5.74, 6) is 3.09. The van der Waals surface area contributed by atoms with Crippen LogP contribution in [-0.2, 0) is 4.79 Å². The van der Waals surface area contributed by atoms with Gasteiger partial charge in [0.05, 0.1) is 0 Å². The molecule has 0 aromatic rings. The van der Waals surface area contributed by atoms with Gasteiger partial charge >= 0.3 is 0 Å². The number of hydrogen-bond donors (Lipinski definition) is 1. The minimum atomic E-state index is 0. The molecule has 1 aliphatic carbocycles. The molecule has 0 radical (unpaired) electrons. The van der Waals surface area contributed by atoms with Crippen molar-refractivity contribution in [2.45, 2.75) is 38.1 Å². The molecule has 1 amide bonds. The number of halogens is 1. The van der Waals surface area contributed by atoms with Crippen LogP contribution in [0.25, 0.3) is 0 Å². The number of thioether (sulfide) groups is 1. The van der Waals surface area contributed by atoms with Crippen LogP contribution in [0, 0.1) is 5.92 Å². The summed E-state index contributed by atoms with van der Waals surface area (Å²) in [6.07, 6.45) is 5.29. The van der Waals surface area contributed by atoms with Crippen molar-refractivity contribution in [2.24, 2.45) is 11.7 Å². The van der Waals surface area contributed by atoms with Gasteiger partial charge in [0.15, 0.2) is 0 Å². The topological polar surface area (TPSA) is 46.3 Å². The van der Waals surface area contributed by atoms with Gasteiger partial charge in [-0.3, -0.25) is 4.79 Å². The van der Waals surface area contributed by atoms with Crippen LogP contribution >= 0.6 is 24.2 Å². The molecule has 2 N–H and O–H groups in total. The first kappa shape index (κ1) is 15.1. The highest BCUT2D eigenvalue weighted by molar-refractivity contribution is 7.99. The largest absolute Gasteiger partial charge is 0.342 e. The van der Waals surface area contributed by atoms with E-state index in [0.29, 0.717) is 18.2 Å². The van der Waals surface area contributed by atoms with E-state index in [9.17, 15) is 4.79 Å². The fourth-order valence-electron chi connectivity index (χ4n) is 2.67. The van der Waals surface area contributed by atoms with Crippen LogP contribution in [-0.4, -0.2) is 41.4 Å². The summed E-state index contributed by atoms with van der Waals surface area (Å²) in [7, 11) is 0. The van der Waals surface area contributed by atoms with E-state index in [1.54, 1.807) is 0 Å². The lowest BCUT2D eigenvalue weighted by Crippen LogP contribution is -2.36. The minimum Gasteiger partial charge on any atom is -0.342 e. The average Bonchev–Trinajstić information content (AvgIpc) is 2.57. The third kappa shape index (κ3) is 4.34. The second kappa shape index (κ2) is 7.49. The van der Waals surface area contributed by atoms with Crippen LogP contribution < -0.4 is 5.73 Å². The Morgan fingerprint density at radius 3 is 2.76 bits per heavy atom. The maximum Gasteiger partial charge on any atom is 0.222 e. The SMILES string of the molecule is Cl.N[C@@H]1CCC[C@H]1CC(=O)N1CCCSCC1. The van der Waals surface area contributed by atoms with Gasteiger partial charge < -0.3 is 10.6 Å². The Labute approximate surface area is 114 Å². The van der Waals surface area contributed by atoms with Crippen LogP contribution in [0.3, 0.4) is 0 Å². The number of hydrogen-bond acceptors (Lipinski definition) is 3. The fourth-order valence-corrected chi connectivity index (χ4v) is 3.55. The van der Waals surface area contributed by atoms with E-state index >= 15 is 0 Å². The molecule has 0 spiro atoms. The summed E-state index contributed by atoms with van der Waals surface area (Å²) in [5, 5.41) is 0. The normalized spacial score (nSPS) is 29.6. The monoisotopic (exact) mass is 278 g/mol. The average molecular weight is 279 g/mol. The van der Waals surface area contributed by atoms with Crippen LogP contribution in [0.1, 0.15) is 32.1 Å². The minimum absolute atomic E-state index is 0. The van der Waals surface area contributed by atoms with Crippen molar-refractivity contribution in [1.29, 1.82) is 0 Å². The quantitative estimate of drug-likeness (QED) is 0.839. The molecule has 1 saturated carbocycles. The van der Waals surface area contributed by atoms with E-state index in [1.807, 2.05) is 16.7 Å². The van der Waals surface area contributed by atoms with E-state index in [1.165, 1.54) is 12.2 Å². The summed E-state index contributed by atoms with van der Waals surface area (Å²) in [4.78, 5) is 14.2. The van der Waals surface area contributed by atoms with Crippen molar-refractivity contribution < 1.29 is 4.79 Å². The van der Waals surface area contributed by atoms with Crippen LogP contribution in [0.2, 0.25) is 0 Å². The van der Waals surface area contributed by atoms with Gasteiger partial charge in [0.2, 0.25) is 5.91 Å². The molecule has 1 saturated heterocycles. The molecule has 2 rings (SSSR count). The van der Waals surface area contributed by atoms with Crippen LogP contribution in [0.15, 0.2) is 0 Å². The van der Waals surface area contributed by atoms with E-state index in [0.717, 1.165) is 38.1 Å². The van der Waals surface area contributed by atoms with Gasteiger partial charge in [0.1, 0.15) is 0 Å². The van der Waals surface area contributed by atoms with Crippen molar-refractivity contribution in [1.82, 2.24) is 4.90 Å². The molecule has 100 valence electrons. The lowest BCUT2D eigenvalue weighted by atomic mass is 9.99. The van der Waals surface area contributed by atoms with Gasteiger partial charge in [0.25, 0.3) is 0 Å². The van der Waals surface area contributed by atoms with Gasteiger partial charge in [-0.05, 0) is 30.9 Å². The highest BCUT2D eigenvalue weighted by Gasteiger charge is 2.28. The molecule has 0 unspecified atom stereocenters. The Hall–Kier alpha value is 0.0700. The summed E-state index contributed by atoms with van der Waals surface area (Å²) >= 11 is 1.96. The maximum absolute atomic E-state index is 12.1. The van der Waals surface area contributed by atoms with Crippen LogP contribution in [0.5, 0.6) is 0 Å². The maximum atomic E-state index is 12.1. The molecule has 3 nitrogen and oxygen atoms in total. The predicted molar refractivity (Wildman–Crippen MR) is 75.7 cm³/mol. The third-order valence-electron chi connectivity index (χ3n) is 3.73. The highest BCUT2D eigenvalue weighted by Crippen LogP contribution is 2.27. The smallest absolute Gasteiger partial charge is 0.222 e. The first-order chi connectivity index (χ1) is 7.77. The second-order valence-electron chi connectivity index (χ2n) is 4.91. The molecule has 0 aromatic carbocycles. The summed E-state index contributed by atoms with van der Waals surface area (Å²) in [6.45, 7) is 1.89. The van der Waals surface area contributed by atoms with Gasteiger partial charge in [0, 0.05) is 31.3 Å². The number of carbonyl (C=O) groups excluding carboxylic acids is 1. The van der Waals surface area contributed by atoms with Gasteiger partial charge in [-0.1, -0.05) is 6.42 Å². The lowest BCUT2D eigenvalue weighted by Gasteiger charge is -2.23. The molecule has 5 heteroatoms. The number of amides is 1. The summed E-state index contributed by atoms with van der Waals surface area (Å²) < 4.78 is 0. The summed E-state index contributed by atoms with van der Waals surface area (Å²) in [6, 6.07) is 0.269. The van der Waals surface area contributed by atoms with Crippen molar-refractivity contribution >= 4 is 30.1 Å². The molecule has 17 heavy (non-hydrogen) atoms. The van der Waals surface area contributed by atoms with Gasteiger partial charge in [-0.25, -0.2) is 0 Å². The van der Waals surface area contributed by atoms with E-state index < -0.39 is 0 Å². The van der Waals surface area contributed by atoms with E-state index in [-0.39, 0.29) is 18.4 Å².